The van der Waals surface area contributed by atoms with Crippen LogP contribution < -0.4 is 0 Å². The summed E-state index contributed by atoms with van der Waals surface area (Å²) in [7, 11) is 1.54. The normalized spacial score (nSPS) is 23.0. The lowest BCUT2D eigenvalue weighted by molar-refractivity contribution is -0.149. The van der Waals surface area contributed by atoms with Gasteiger partial charge in [0.15, 0.2) is 0 Å². The van der Waals surface area contributed by atoms with Gasteiger partial charge in [-0.3, -0.25) is 9.59 Å². The van der Waals surface area contributed by atoms with E-state index in [1.165, 1.54) is 12.0 Å². The monoisotopic (exact) mass is 259 g/mol. The maximum Gasteiger partial charge on any atom is 0.307 e. The number of carboxylic acid groups (broad SMARTS) is 1. The largest absolute Gasteiger partial charge is 0.481 e. The number of nitrogens with zero attached hydrogens (tertiary/aromatic N) is 1. The van der Waals surface area contributed by atoms with Gasteiger partial charge in [0, 0.05) is 20.2 Å². The van der Waals surface area contributed by atoms with Gasteiger partial charge in [-0.05, 0) is 12.8 Å². The van der Waals surface area contributed by atoms with Gasteiger partial charge in [-0.2, -0.15) is 0 Å². The Morgan fingerprint density at radius 2 is 1.94 bits per heavy atom. The molecule has 0 aromatic rings. The molecule has 0 aromatic carbocycles. The molecule has 1 saturated carbocycles. The van der Waals surface area contributed by atoms with Crippen LogP contribution in [-0.2, 0) is 14.3 Å². The fourth-order valence-electron chi connectivity index (χ4n) is 2.44. The molecule has 6 heteroatoms. The molecule has 2 N–H and O–H groups in total. The van der Waals surface area contributed by atoms with Crippen LogP contribution in [0.2, 0.25) is 0 Å². The summed E-state index contributed by atoms with van der Waals surface area (Å²) < 4.78 is 4.91. The van der Waals surface area contributed by atoms with Crippen molar-refractivity contribution in [2.45, 2.75) is 19.3 Å². The van der Waals surface area contributed by atoms with Crippen LogP contribution in [0.4, 0.5) is 0 Å². The second-order valence-electron chi connectivity index (χ2n) is 4.52. The van der Waals surface area contributed by atoms with Gasteiger partial charge in [-0.1, -0.05) is 6.42 Å². The van der Waals surface area contributed by atoms with E-state index < -0.39 is 17.8 Å². The summed E-state index contributed by atoms with van der Waals surface area (Å²) in [6.45, 7) is 0.875. The molecule has 0 unspecified atom stereocenters. The number of hydrogen-bond donors (Lipinski definition) is 2. The molecule has 18 heavy (non-hydrogen) atoms. The fraction of sp³-hybridized carbons (Fsp3) is 0.833. The van der Waals surface area contributed by atoms with Crippen molar-refractivity contribution in [1.29, 1.82) is 0 Å². The van der Waals surface area contributed by atoms with E-state index in [-0.39, 0.29) is 19.1 Å². The Bertz CT molecular complexity index is 294. The third-order valence-corrected chi connectivity index (χ3v) is 3.40. The summed E-state index contributed by atoms with van der Waals surface area (Å²) in [4.78, 5) is 24.8. The average Bonchev–Trinajstić information content (AvgIpc) is 2.82. The number of carboxylic acids is 1. The van der Waals surface area contributed by atoms with Crippen molar-refractivity contribution >= 4 is 11.9 Å². The number of carbonyl (C=O) groups is 2. The summed E-state index contributed by atoms with van der Waals surface area (Å²) in [5.74, 6) is -2.11. The highest BCUT2D eigenvalue weighted by molar-refractivity contribution is 5.85. The second-order valence-corrected chi connectivity index (χ2v) is 4.52. The first-order valence-corrected chi connectivity index (χ1v) is 6.23. The minimum Gasteiger partial charge on any atom is -0.481 e. The lowest BCUT2D eigenvalue weighted by Gasteiger charge is -2.26. The molecule has 0 aromatic heterocycles. The number of hydrogen-bond acceptors (Lipinski definition) is 4. The summed E-state index contributed by atoms with van der Waals surface area (Å²) in [6, 6.07) is 0. The topological polar surface area (TPSA) is 87.1 Å². The van der Waals surface area contributed by atoms with Crippen molar-refractivity contribution in [1.82, 2.24) is 4.90 Å². The van der Waals surface area contributed by atoms with Crippen LogP contribution in [0.3, 0.4) is 0 Å². The molecular weight excluding hydrogens is 238 g/mol. The first-order chi connectivity index (χ1) is 8.61. The highest BCUT2D eigenvalue weighted by Gasteiger charge is 2.39. The van der Waals surface area contributed by atoms with Gasteiger partial charge in [-0.15, -0.1) is 0 Å². The smallest absolute Gasteiger partial charge is 0.307 e. The fourth-order valence-corrected chi connectivity index (χ4v) is 2.44. The van der Waals surface area contributed by atoms with Crippen LogP contribution in [0.15, 0.2) is 0 Å². The quantitative estimate of drug-likeness (QED) is 0.669. The van der Waals surface area contributed by atoms with E-state index in [0.29, 0.717) is 26.0 Å². The maximum atomic E-state index is 12.3. The summed E-state index contributed by atoms with van der Waals surface area (Å²) in [6.07, 6.45) is 1.94. The highest BCUT2D eigenvalue weighted by atomic mass is 16.5. The second kappa shape index (κ2) is 7.33. The van der Waals surface area contributed by atoms with Gasteiger partial charge < -0.3 is 19.8 Å². The Morgan fingerprint density at radius 1 is 1.28 bits per heavy atom. The van der Waals surface area contributed by atoms with E-state index in [4.69, 9.17) is 14.9 Å². The molecule has 1 fully saturated rings. The number of ether oxygens (including phenoxy) is 1. The Hall–Kier alpha value is -1.14. The number of amides is 1. The zero-order valence-electron chi connectivity index (χ0n) is 10.7. The summed E-state index contributed by atoms with van der Waals surface area (Å²) in [5, 5.41) is 18.0. The van der Waals surface area contributed by atoms with Gasteiger partial charge in [0.2, 0.25) is 5.91 Å². The van der Waals surface area contributed by atoms with Crippen molar-refractivity contribution in [3.63, 3.8) is 0 Å². The molecule has 0 radical (unpaired) electrons. The molecule has 0 saturated heterocycles. The lowest BCUT2D eigenvalue weighted by Crippen LogP contribution is -2.42. The molecule has 104 valence electrons. The number of rotatable bonds is 7. The SMILES string of the molecule is COCCN(CCO)C(=O)[C@@H]1CCC[C@@H]1C(=O)O. The zero-order chi connectivity index (χ0) is 13.5. The van der Waals surface area contributed by atoms with E-state index in [1.807, 2.05) is 0 Å². The van der Waals surface area contributed by atoms with Gasteiger partial charge in [0.1, 0.15) is 0 Å². The van der Waals surface area contributed by atoms with Crippen molar-refractivity contribution in [3.8, 4) is 0 Å². The third-order valence-electron chi connectivity index (χ3n) is 3.40. The van der Waals surface area contributed by atoms with E-state index in [0.717, 1.165) is 6.42 Å². The highest BCUT2D eigenvalue weighted by Crippen LogP contribution is 2.33. The van der Waals surface area contributed by atoms with Crippen LogP contribution in [0, 0.1) is 11.8 Å². The van der Waals surface area contributed by atoms with Gasteiger partial charge >= 0.3 is 5.97 Å². The van der Waals surface area contributed by atoms with E-state index in [2.05, 4.69) is 0 Å². The molecule has 6 nitrogen and oxygen atoms in total. The predicted molar refractivity (Wildman–Crippen MR) is 64.0 cm³/mol. The molecule has 1 aliphatic rings. The first-order valence-electron chi connectivity index (χ1n) is 6.23. The third kappa shape index (κ3) is 3.68. The van der Waals surface area contributed by atoms with Crippen molar-refractivity contribution in [2.75, 3.05) is 33.4 Å². The Morgan fingerprint density at radius 3 is 2.50 bits per heavy atom. The molecule has 1 aliphatic carbocycles. The van der Waals surface area contributed by atoms with Crippen LogP contribution >= 0.6 is 0 Å². The number of aliphatic carboxylic acids is 1. The molecule has 0 heterocycles. The number of aliphatic hydroxyl groups is 1. The maximum absolute atomic E-state index is 12.3. The van der Waals surface area contributed by atoms with Crippen LogP contribution in [-0.4, -0.2) is 60.4 Å². The predicted octanol–water partition coefficient (Wildman–Crippen LogP) is -0.0454. The van der Waals surface area contributed by atoms with Crippen molar-refractivity contribution in [3.05, 3.63) is 0 Å². The zero-order valence-corrected chi connectivity index (χ0v) is 10.7. The Kier molecular flexibility index (Phi) is 6.07. The molecule has 2 atom stereocenters. The van der Waals surface area contributed by atoms with Crippen molar-refractivity contribution < 1.29 is 24.5 Å². The van der Waals surface area contributed by atoms with Crippen LogP contribution in [0.1, 0.15) is 19.3 Å². The lowest BCUT2D eigenvalue weighted by atomic mass is 9.94. The molecule has 0 spiro atoms. The molecule has 1 amide bonds. The summed E-state index contributed by atoms with van der Waals surface area (Å²) >= 11 is 0. The van der Waals surface area contributed by atoms with E-state index in [9.17, 15) is 9.59 Å². The van der Waals surface area contributed by atoms with E-state index in [1.54, 1.807) is 0 Å². The van der Waals surface area contributed by atoms with Gasteiger partial charge in [0.05, 0.1) is 25.0 Å². The molecule has 0 aliphatic heterocycles. The molecular formula is C12H21NO5. The Balaban J connectivity index is 2.65. The standard InChI is InChI=1S/C12H21NO5/c1-18-8-6-13(5-7-14)11(15)9-3-2-4-10(9)12(16)17/h9-10,14H,2-8H2,1H3,(H,16,17)/t9-,10+/m1/s1. The Labute approximate surface area is 107 Å². The number of carbonyl (C=O) groups excluding carboxylic acids is 1. The first kappa shape index (κ1) is 14.9. The number of methoxy groups -OCH3 is 1. The minimum atomic E-state index is -0.901. The van der Waals surface area contributed by atoms with Crippen LogP contribution in [0.5, 0.6) is 0 Å². The van der Waals surface area contributed by atoms with Crippen molar-refractivity contribution in [2.24, 2.45) is 11.8 Å². The average molecular weight is 259 g/mol. The number of aliphatic hydroxyl groups excluding tert-OH is 1. The van der Waals surface area contributed by atoms with Gasteiger partial charge in [0.25, 0.3) is 0 Å². The minimum absolute atomic E-state index is 0.125. The molecule has 0 bridgehead atoms. The van der Waals surface area contributed by atoms with Gasteiger partial charge in [-0.25, -0.2) is 0 Å². The summed E-state index contributed by atoms with van der Waals surface area (Å²) in [5.41, 5.74) is 0. The van der Waals surface area contributed by atoms with Crippen LogP contribution in [0.25, 0.3) is 0 Å². The molecule has 1 rings (SSSR count). The van der Waals surface area contributed by atoms with E-state index >= 15 is 0 Å².